The molecule has 1 radical (unpaired) electrons. The minimum atomic E-state index is -0.480. The van der Waals surface area contributed by atoms with Gasteiger partial charge in [-0.1, -0.05) is 6.92 Å². The van der Waals surface area contributed by atoms with Gasteiger partial charge in [-0.15, -0.1) is 0 Å². The second kappa shape index (κ2) is 8.97. The second-order valence-electron chi connectivity index (χ2n) is 6.65. The Balaban J connectivity index is 2.33. The van der Waals surface area contributed by atoms with Gasteiger partial charge in [0, 0.05) is 0 Å². The number of carbonyl (C=O) groups excluding carboxylic acids is 2. The van der Waals surface area contributed by atoms with Crippen molar-refractivity contribution in [3.63, 3.8) is 0 Å². The number of hydrogen-bond donors (Lipinski definition) is 3. The Labute approximate surface area is 165 Å². The second-order valence-corrected chi connectivity index (χ2v) is 6.65. The number of hydrogen-bond acceptors (Lipinski definition) is 4. The van der Waals surface area contributed by atoms with Gasteiger partial charge in [0.15, 0.2) is 0 Å². The molecule has 0 aliphatic carbocycles. The molecule has 0 bridgehead atoms. The number of rotatable bonds is 8. The molecule has 147 valence electrons. The average Bonchev–Trinajstić information content (AvgIpc) is 2.84. The van der Waals surface area contributed by atoms with Gasteiger partial charge in [0.05, 0.1) is 0 Å². The molecule has 0 spiro atoms. The summed E-state index contributed by atoms with van der Waals surface area (Å²) in [5, 5.41) is 8.48. The summed E-state index contributed by atoms with van der Waals surface area (Å²) >= 11 is 0. The van der Waals surface area contributed by atoms with E-state index in [0.29, 0.717) is 40.3 Å². The van der Waals surface area contributed by atoms with Crippen LogP contribution >= 0.6 is 0 Å². The van der Waals surface area contributed by atoms with Crippen molar-refractivity contribution in [2.75, 3.05) is 23.7 Å². The topological polar surface area (TPSA) is 75.2 Å². The van der Waals surface area contributed by atoms with Crippen molar-refractivity contribution in [1.82, 2.24) is 9.88 Å². The van der Waals surface area contributed by atoms with Gasteiger partial charge in [0.2, 0.25) is 0 Å². The van der Waals surface area contributed by atoms with Gasteiger partial charge in [-0.25, -0.2) is 0 Å². The van der Waals surface area contributed by atoms with E-state index < -0.39 is 5.82 Å². The number of benzene rings is 1. The van der Waals surface area contributed by atoms with Crippen LogP contribution in [0.1, 0.15) is 46.0 Å². The van der Waals surface area contributed by atoms with Crippen LogP contribution in [-0.4, -0.2) is 42.4 Å². The van der Waals surface area contributed by atoms with Crippen molar-refractivity contribution in [2.45, 2.75) is 27.7 Å². The van der Waals surface area contributed by atoms with Crippen LogP contribution in [0.15, 0.2) is 18.2 Å². The molecule has 1 heterocycles. The van der Waals surface area contributed by atoms with E-state index in [-0.39, 0.29) is 23.9 Å². The first-order valence-electron chi connectivity index (χ1n) is 9.04. The minimum absolute atomic E-state index is 0.0776. The van der Waals surface area contributed by atoms with Gasteiger partial charge < -0.3 is 5.32 Å². The Morgan fingerprint density at radius 2 is 1.89 bits per heavy atom. The number of likely N-dealkylation sites (N-methyl/N-ethyl adjacent to an activating group) is 1. The fourth-order valence-corrected chi connectivity index (χ4v) is 3.13. The number of nitrogens with zero attached hydrogens (tertiary/aromatic N) is 1. The fraction of sp³-hybridized carbons (Fsp3) is 0.350. The van der Waals surface area contributed by atoms with E-state index in [2.05, 4.69) is 16.0 Å². The molecule has 6 nitrogen and oxygen atoms in total. The first-order valence-corrected chi connectivity index (χ1v) is 9.04. The average molecular weight is 383 g/mol. The van der Waals surface area contributed by atoms with Crippen molar-refractivity contribution in [3.8, 4) is 0 Å². The fourth-order valence-electron chi connectivity index (χ4n) is 3.13. The summed E-state index contributed by atoms with van der Waals surface area (Å²) < 4.78 is 15.6. The van der Waals surface area contributed by atoms with Crippen LogP contribution in [0.2, 0.25) is 0 Å². The molecular formula is C20H25BFN4O2. The zero-order valence-electron chi connectivity index (χ0n) is 16.9. The third-order valence-electron chi connectivity index (χ3n) is 4.51. The molecule has 8 heteroatoms. The molecule has 1 aromatic heterocycles. The first-order chi connectivity index (χ1) is 13.2. The standard InChI is InChI=1S/C20H25BFN4O2/c1-6-23-10-17(27)19-11(2)18(12(3)26(19)5)20(28)25-14-7-8-15(22)16(9-14)24-13(4)21/h7-9,23-24H,6,10H2,1-5H3,(H,25,28). The van der Waals surface area contributed by atoms with Crippen LogP contribution in [0, 0.1) is 19.7 Å². The number of carbonyl (C=O) groups is 2. The van der Waals surface area contributed by atoms with Crippen molar-refractivity contribution in [1.29, 1.82) is 0 Å². The van der Waals surface area contributed by atoms with Crippen LogP contribution in [0.5, 0.6) is 0 Å². The maximum absolute atomic E-state index is 13.9. The van der Waals surface area contributed by atoms with E-state index in [9.17, 15) is 14.0 Å². The van der Waals surface area contributed by atoms with Crippen LogP contribution in [0.25, 0.3) is 0 Å². The normalized spacial score (nSPS) is 10.6. The van der Waals surface area contributed by atoms with Crippen LogP contribution in [0.4, 0.5) is 15.8 Å². The van der Waals surface area contributed by atoms with Crippen molar-refractivity contribution < 1.29 is 14.0 Å². The van der Waals surface area contributed by atoms with Gasteiger partial charge in [-0.2, -0.15) is 0 Å². The van der Waals surface area contributed by atoms with Gasteiger partial charge in [-0.05, 0) is 6.54 Å². The molecule has 28 heavy (non-hydrogen) atoms. The number of ketones is 1. The summed E-state index contributed by atoms with van der Waals surface area (Å²) in [4.78, 5) is 25.4. The van der Waals surface area contributed by atoms with E-state index in [1.165, 1.54) is 18.2 Å². The molecule has 0 unspecified atom stereocenters. The summed E-state index contributed by atoms with van der Waals surface area (Å²) in [5.41, 5.74) is 3.15. The van der Waals surface area contributed by atoms with Gasteiger partial charge in [0.25, 0.3) is 0 Å². The van der Waals surface area contributed by atoms with Crippen LogP contribution in [-0.2, 0) is 7.05 Å². The Morgan fingerprint density at radius 1 is 1.21 bits per heavy atom. The van der Waals surface area contributed by atoms with Crippen LogP contribution < -0.4 is 16.0 Å². The van der Waals surface area contributed by atoms with E-state index in [1.54, 1.807) is 32.4 Å². The summed E-state index contributed by atoms with van der Waals surface area (Å²) in [7, 11) is 7.33. The van der Waals surface area contributed by atoms with Crippen molar-refractivity contribution in [3.05, 3.63) is 46.5 Å². The third-order valence-corrected chi connectivity index (χ3v) is 4.51. The SMILES string of the molecule is [B]=C(C)Nc1cc(NC(=O)c2c(C)c(C(=O)CNCC)n(C)c2C)ccc1F. The molecule has 2 rings (SSSR count). The van der Waals surface area contributed by atoms with E-state index >= 15 is 0 Å². The quantitative estimate of drug-likeness (QED) is 0.484. The molecule has 0 fully saturated rings. The number of amides is 1. The monoisotopic (exact) mass is 383 g/mol. The van der Waals surface area contributed by atoms with Gasteiger partial charge in [0.1, 0.15) is 0 Å². The molecule has 2 aromatic rings. The number of Topliss-reactive ketones (excluding diaryl/α,β-unsaturated/α-hetero) is 1. The molecule has 0 atom stereocenters. The Morgan fingerprint density at radius 3 is 2.50 bits per heavy atom. The third kappa shape index (κ3) is 4.56. The van der Waals surface area contributed by atoms with Gasteiger partial charge in [-0.3, -0.25) is 0 Å². The number of nitrogens with one attached hydrogen (secondary N) is 3. The summed E-state index contributed by atoms with van der Waals surface area (Å²) in [5.74, 6) is -0.920. The van der Waals surface area contributed by atoms with E-state index in [0.717, 1.165) is 0 Å². The predicted molar refractivity (Wildman–Crippen MR) is 112 cm³/mol. The maximum atomic E-state index is 13.9. The number of halogens is 1. The molecule has 1 aromatic carbocycles. The molecule has 3 N–H and O–H groups in total. The number of aromatic nitrogens is 1. The summed E-state index contributed by atoms with van der Waals surface area (Å²) in [6.07, 6.45) is 0. The van der Waals surface area contributed by atoms with Crippen molar-refractivity contribution in [2.24, 2.45) is 7.05 Å². The Bertz CT molecular complexity index is 937. The van der Waals surface area contributed by atoms with Crippen LogP contribution in [0.3, 0.4) is 0 Å². The predicted octanol–water partition coefficient (Wildman–Crippen LogP) is 2.56. The van der Waals surface area contributed by atoms with Gasteiger partial charge >= 0.3 is 146 Å². The molecule has 0 aliphatic heterocycles. The summed E-state index contributed by atoms with van der Waals surface area (Å²) in [6, 6.07) is 4.18. The summed E-state index contributed by atoms with van der Waals surface area (Å²) in [6.45, 7) is 7.96. The molecule has 0 aliphatic rings. The molecule has 0 saturated carbocycles. The first kappa shape index (κ1) is 21.6. The van der Waals surface area contributed by atoms with E-state index in [4.69, 9.17) is 7.49 Å². The zero-order chi connectivity index (χ0) is 21.0. The molecular weight excluding hydrogens is 358 g/mol. The molecule has 0 saturated heterocycles. The Hall–Kier alpha value is -2.74. The zero-order valence-corrected chi connectivity index (χ0v) is 16.9. The van der Waals surface area contributed by atoms with E-state index in [1.807, 2.05) is 6.92 Å². The number of anilines is 2. The molecule has 1 amide bonds. The Kier molecular flexibility index (Phi) is 6.91. The van der Waals surface area contributed by atoms with Crippen molar-refractivity contribution >= 4 is 36.1 Å².